The molecule has 0 atom stereocenters. The molecule has 3 heterocycles. The third-order valence-corrected chi connectivity index (χ3v) is 4.52. The summed E-state index contributed by atoms with van der Waals surface area (Å²) in [5.74, 6) is 2.35. The summed E-state index contributed by atoms with van der Waals surface area (Å²) in [7, 11) is 1.66. The van der Waals surface area contributed by atoms with Gasteiger partial charge in [-0.3, -0.25) is 5.10 Å². The minimum Gasteiger partial charge on any atom is -0.497 e. The molecule has 7 nitrogen and oxygen atoms in total. The van der Waals surface area contributed by atoms with E-state index in [9.17, 15) is 0 Å². The van der Waals surface area contributed by atoms with Gasteiger partial charge in [0, 0.05) is 29.1 Å². The average Bonchev–Trinajstić information content (AvgIpc) is 3.18. The van der Waals surface area contributed by atoms with E-state index in [1.165, 1.54) is 0 Å². The Morgan fingerprint density at radius 2 is 2.12 bits per heavy atom. The molecule has 7 heteroatoms. The smallest absolute Gasteiger partial charge is 0.157 e. The lowest BCUT2D eigenvalue weighted by Crippen LogP contribution is -2.17. The number of pyridine rings is 1. The quantitative estimate of drug-likeness (QED) is 0.524. The van der Waals surface area contributed by atoms with Crippen LogP contribution >= 0.6 is 0 Å². The lowest BCUT2D eigenvalue weighted by Gasteiger charge is -2.20. The highest BCUT2D eigenvalue weighted by Gasteiger charge is 2.14. The number of nitrogens with one attached hydrogen (secondary N) is 3. The van der Waals surface area contributed by atoms with Crippen molar-refractivity contribution in [2.24, 2.45) is 0 Å². The molecule has 0 fully saturated rings. The minimum absolute atomic E-state index is 0.664. The molecule has 0 amide bonds. The van der Waals surface area contributed by atoms with Crippen molar-refractivity contribution in [3.63, 3.8) is 0 Å². The van der Waals surface area contributed by atoms with Gasteiger partial charge in [0.15, 0.2) is 5.82 Å². The van der Waals surface area contributed by atoms with Gasteiger partial charge in [0.1, 0.15) is 23.6 Å². The molecule has 1 aliphatic heterocycles. The number of hydrogen-bond acceptors (Lipinski definition) is 6. The molecule has 26 heavy (non-hydrogen) atoms. The number of H-pyrrole nitrogens is 1. The van der Waals surface area contributed by atoms with Crippen LogP contribution in [0.5, 0.6) is 11.5 Å². The number of aromatic nitrogens is 3. The van der Waals surface area contributed by atoms with Crippen LogP contribution in [0.1, 0.15) is 0 Å². The van der Waals surface area contributed by atoms with Gasteiger partial charge < -0.3 is 20.1 Å². The van der Waals surface area contributed by atoms with Gasteiger partial charge in [0.05, 0.1) is 24.5 Å². The van der Waals surface area contributed by atoms with Crippen LogP contribution in [0.15, 0.2) is 42.6 Å². The molecular weight excluding hydrogens is 330 g/mol. The van der Waals surface area contributed by atoms with Crippen LogP contribution in [0.4, 0.5) is 17.2 Å². The van der Waals surface area contributed by atoms with Gasteiger partial charge >= 0.3 is 0 Å². The van der Waals surface area contributed by atoms with Crippen molar-refractivity contribution in [3.8, 4) is 11.5 Å². The number of ether oxygens (including phenoxy) is 2. The van der Waals surface area contributed by atoms with E-state index in [4.69, 9.17) is 14.5 Å². The first kappa shape index (κ1) is 14.8. The second-order valence-electron chi connectivity index (χ2n) is 6.11. The first-order chi connectivity index (χ1) is 12.8. The zero-order chi connectivity index (χ0) is 17.5. The molecule has 0 saturated heterocycles. The van der Waals surface area contributed by atoms with Crippen molar-refractivity contribution < 1.29 is 9.47 Å². The summed E-state index contributed by atoms with van der Waals surface area (Å²) in [5.41, 5.74) is 3.64. The highest BCUT2D eigenvalue weighted by atomic mass is 16.5. The summed E-state index contributed by atoms with van der Waals surface area (Å²) in [5, 5.41) is 15.9. The molecule has 1 aliphatic rings. The van der Waals surface area contributed by atoms with Crippen molar-refractivity contribution >= 4 is 39.0 Å². The normalized spacial score (nSPS) is 13.1. The maximum Gasteiger partial charge on any atom is 0.157 e. The van der Waals surface area contributed by atoms with Crippen LogP contribution in [-0.4, -0.2) is 35.4 Å². The molecule has 0 unspecified atom stereocenters. The van der Waals surface area contributed by atoms with Gasteiger partial charge in [-0.05, 0) is 30.3 Å². The second kappa shape index (κ2) is 5.80. The number of anilines is 3. The summed E-state index contributed by atoms with van der Waals surface area (Å²) >= 11 is 0. The molecular formula is C19H17N5O2. The largest absolute Gasteiger partial charge is 0.497 e. The van der Waals surface area contributed by atoms with Crippen LogP contribution in [0, 0.1) is 0 Å². The van der Waals surface area contributed by atoms with Crippen LogP contribution in [0.25, 0.3) is 21.8 Å². The Bertz CT molecular complexity index is 1120. The van der Waals surface area contributed by atoms with Gasteiger partial charge in [0.2, 0.25) is 0 Å². The van der Waals surface area contributed by atoms with Crippen LogP contribution < -0.4 is 20.1 Å². The summed E-state index contributed by atoms with van der Waals surface area (Å²) < 4.78 is 11.0. The van der Waals surface area contributed by atoms with E-state index in [0.29, 0.717) is 6.61 Å². The van der Waals surface area contributed by atoms with Gasteiger partial charge in [-0.2, -0.15) is 5.10 Å². The fourth-order valence-electron chi connectivity index (χ4n) is 3.24. The third kappa shape index (κ3) is 2.36. The lowest BCUT2D eigenvalue weighted by atomic mass is 10.1. The highest BCUT2D eigenvalue weighted by molar-refractivity contribution is 6.09. The van der Waals surface area contributed by atoms with Crippen LogP contribution in [-0.2, 0) is 0 Å². The Morgan fingerprint density at radius 1 is 1.15 bits per heavy atom. The minimum atomic E-state index is 0.664. The Labute approximate surface area is 149 Å². The van der Waals surface area contributed by atoms with Gasteiger partial charge in [-0.1, -0.05) is 0 Å². The second-order valence-corrected chi connectivity index (χ2v) is 6.11. The topological polar surface area (TPSA) is 84.1 Å². The van der Waals surface area contributed by atoms with E-state index >= 15 is 0 Å². The lowest BCUT2D eigenvalue weighted by molar-refractivity contribution is 0.323. The zero-order valence-corrected chi connectivity index (χ0v) is 14.2. The number of rotatable bonds is 3. The van der Waals surface area contributed by atoms with Crippen molar-refractivity contribution in [2.75, 3.05) is 30.9 Å². The van der Waals surface area contributed by atoms with E-state index in [2.05, 4.69) is 20.8 Å². The van der Waals surface area contributed by atoms with E-state index in [1.54, 1.807) is 7.11 Å². The molecule has 2 aromatic heterocycles. The first-order valence-electron chi connectivity index (χ1n) is 8.40. The molecule has 2 aromatic carbocycles. The third-order valence-electron chi connectivity index (χ3n) is 4.52. The predicted octanol–water partition coefficient (Wildman–Crippen LogP) is 3.67. The van der Waals surface area contributed by atoms with Crippen LogP contribution in [0.3, 0.4) is 0 Å². The maximum absolute atomic E-state index is 5.71. The number of methoxy groups -OCH3 is 1. The molecule has 4 aromatic rings. The van der Waals surface area contributed by atoms with E-state index < -0.39 is 0 Å². The number of fused-ring (bicyclic) bond motifs is 4. The van der Waals surface area contributed by atoms with Crippen molar-refractivity contribution in [1.29, 1.82) is 0 Å². The van der Waals surface area contributed by atoms with Crippen molar-refractivity contribution in [2.45, 2.75) is 0 Å². The fraction of sp³-hybridized carbons (Fsp3) is 0.158. The SMILES string of the molecule is COc1ccc2nc(Nc3ccc4c(c3)OCCN4)c3[nH]ncc3c2c1. The summed E-state index contributed by atoms with van der Waals surface area (Å²) in [4.78, 5) is 4.76. The van der Waals surface area contributed by atoms with E-state index in [1.807, 2.05) is 42.6 Å². The number of aromatic amines is 1. The molecule has 0 aliphatic carbocycles. The molecule has 130 valence electrons. The van der Waals surface area contributed by atoms with Gasteiger partial charge in [0.25, 0.3) is 0 Å². The summed E-state index contributed by atoms with van der Waals surface area (Å²) in [6.45, 7) is 1.49. The Balaban J connectivity index is 1.61. The van der Waals surface area contributed by atoms with E-state index in [0.717, 1.165) is 57.0 Å². The van der Waals surface area contributed by atoms with Gasteiger partial charge in [-0.15, -0.1) is 0 Å². The number of hydrogen-bond donors (Lipinski definition) is 3. The Kier molecular flexibility index (Phi) is 3.31. The Hall–Kier alpha value is -3.48. The highest BCUT2D eigenvalue weighted by Crippen LogP contribution is 2.34. The monoisotopic (exact) mass is 347 g/mol. The summed E-state index contributed by atoms with van der Waals surface area (Å²) in [6.07, 6.45) is 1.81. The van der Waals surface area contributed by atoms with Crippen molar-refractivity contribution in [1.82, 2.24) is 15.2 Å². The maximum atomic E-state index is 5.71. The number of benzene rings is 2. The summed E-state index contributed by atoms with van der Waals surface area (Å²) in [6, 6.07) is 11.8. The van der Waals surface area contributed by atoms with Crippen LogP contribution in [0.2, 0.25) is 0 Å². The first-order valence-corrected chi connectivity index (χ1v) is 8.40. The molecule has 3 N–H and O–H groups in total. The molecule has 0 bridgehead atoms. The molecule has 5 rings (SSSR count). The fourth-order valence-corrected chi connectivity index (χ4v) is 3.24. The molecule has 0 spiro atoms. The molecule has 0 saturated carbocycles. The van der Waals surface area contributed by atoms with E-state index in [-0.39, 0.29) is 0 Å². The molecule has 0 radical (unpaired) electrons. The zero-order valence-electron chi connectivity index (χ0n) is 14.2. The van der Waals surface area contributed by atoms with Gasteiger partial charge in [-0.25, -0.2) is 4.98 Å². The standard InChI is InChI=1S/C19H17N5O2/c1-25-12-3-5-15-13(9-12)14-10-21-24-18(14)19(23-15)22-11-2-4-16-17(8-11)26-7-6-20-16/h2-5,8-10,20H,6-7H2,1H3,(H,21,24)(H,22,23). The van der Waals surface area contributed by atoms with Crippen molar-refractivity contribution in [3.05, 3.63) is 42.6 Å². The average molecular weight is 347 g/mol. The Morgan fingerprint density at radius 3 is 3.04 bits per heavy atom. The number of nitrogens with zero attached hydrogens (tertiary/aromatic N) is 2. The predicted molar refractivity (Wildman–Crippen MR) is 102 cm³/mol.